The second kappa shape index (κ2) is 8.23. The molecule has 6 nitrogen and oxygen atoms in total. The molecular weight excluding hydrogens is 444 g/mol. The van der Waals surface area contributed by atoms with Crippen LogP contribution in [0.5, 0.6) is 0 Å². The quantitative estimate of drug-likeness (QED) is 0.755. The normalized spacial score (nSPS) is 21.5. The number of hydrogen-bond acceptors (Lipinski definition) is 4. The Balaban J connectivity index is 1.93. The van der Waals surface area contributed by atoms with Crippen LogP contribution >= 0.6 is 34.8 Å². The summed E-state index contributed by atoms with van der Waals surface area (Å²) in [5, 5.41) is 4.86. The second-order valence-electron chi connectivity index (χ2n) is 6.44. The molecule has 0 saturated carbocycles. The van der Waals surface area contributed by atoms with Gasteiger partial charge < -0.3 is 10.2 Å². The summed E-state index contributed by atoms with van der Waals surface area (Å²) < 4.78 is 40.1. The fourth-order valence-corrected chi connectivity index (χ4v) is 4.17. The maximum atomic E-state index is 13.4. The van der Waals surface area contributed by atoms with Gasteiger partial charge in [-0.15, -0.1) is 0 Å². The number of piperazine rings is 1. The smallest absolute Gasteiger partial charge is 0.339 e. The van der Waals surface area contributed by atoms with Crippen LogP contribution in [0.2, 0.25) is 15.1 Å². The molecule has 2 aliphatic heterocycles. The lowest BCUT2D eigenvalue weighted by molar-refractivity contribution is -0.176. The van der Waals surface area contributed by atoms with Gasteiger partial charge in [-0.1, -0.05) is 34.8 Å². The minimum absolute atomic E-state index is 0.0895. The van der Waals surface area contributed by atoms with Crippen molar-refractivity contribution < 1.29 is 22.8 Å². The van der Waals surface area contributed by atoms with E-state index in [2.05, 4.69) is 5.32 Å². The SMILES string of the molecule is O=C(CN1CC(C(F)(F)F)C(=O)N1c1c(Cl)cc(Cl)cc1Cl)N1CCNCC1. The van der Waals surface area contributed by atoms with Gasteiger partial charge in [0.05, 0.1) is 22.3 Å². The molecule has 154 valence electrons. The van der Waals surface area contributed by atoms with Crippen molar-refractivity contribution in [1.82, 2.24) is 15.2 Å². The predicted molar refractivity (Wildman–Crippen MR) is 99.5 cm³/mol. The zero-order valence-electron chi connectivity index (χ0n) is 14.4. The summed E-state index contributed by atoms with van der Waals surface area (Å²) in [6.45, 7) is 0.948. The molecule has 12 heteroatoms. The molecule has 1 unspecified atom stereocenters. The molecule has 1 N–H and O–H groups in total. The molecule has 1 aromatic carbocycles. The van der Waals surface area contributed by atoms with Crippen molar-refractivity contribution in [2.24, 2.45) is 5.92 Å². The highest BCUT2D eigenvalue weighted by Crippen LogP contribution is 2.42. The van der Waals surface area contributed by atoms with Crippen LogP contribution in [0.25, 0.3) is 0 Å². The van der Waals surface area contributed by atoms with Crippen LogP contribution in [0.3, 0.4) is 0 Å². The molecule has 0 aliphatic carbocycles. The van der Waals surface area contributed by atoms with Gasteiger partial charge in [0.15, 0.2) is 0 Å². The lowest BCUT2D eigenvalue weighted by atomic mass is 10.1. The molecule has 1 aromatic rings. The third kappa shape index (κ3) is 4.33. The first-order valence-electron chi connectivity index (χ1n) is 8.38. The number of anilines is 1. The van der Waals surface area contributed by atoms with E-state index in [0.29, 0.717) is 26.2 Å². The van der Waals surface area contributed by atoms with Gasteiger partial charge in [0.25, 0.3) is 5.91 Å². The van der Waals surface area contributed by atoms with Crippen LogP contribution in [-0.4, -0.2) is 67.2 Å². The van der Waals surface area contributed by atoms with Crippen LogP contribution in [0, 0.1) is 5.92 Å². The summed E-state index contributed by atoms with van der Waals surface area (Å²) in [5.74, 6) is -3.92. The van der Waals surface area contributed by atoms with Crippen molar-refractivity contribution in [3.63, 3.8) is 0 Å². The van der Waals surface area contributed by atoms with E-state index < -0.39 is 31.1 Å². The maximum absolute atomic E-state index is 13.4. The third-order valence-electron chi connectivity index (χ3n) is 4.56. The lowest BCUT2D eigenvalue weighted by Crippen LogP contribution is -2.51. The molecule has 2 heterocycles. The van der Waals surface area contributed by atoms with E-state index in [9.17, 15) is 22.8 Å². The van der Waals surface area contributed by atoms with Crippen molar-refractivity contribution in [2.75, 3.05) is 44.3 Å². The number of benzene rings is 1. The lowest BCUT2D eigenvalue weighted by Gasteiger charge is -2.32. The Morgan fingerprint density at radius 1 is 1.14 bits per heavy atom. The number of hydrazine groups is 1. The standard InChI is InChI=1S/C16H16Cl3F3N4O2/c17-9-5-11(18)14(12(19)6-9)26-15(28)10(16(20,21)22)7-25(26)8-13(27)24-3-1-23-2-4-24/h5-6,10,23H,1-4,7-8H2. The Hall–Kier alpha value is -1.26. The molecule has 0 aromatic heterocycles. The molecule has 2 fully saturated rings. The largest absolute Gasteiger partial charge is 0.401 e. The summed E-state index contributed by atoms with van der Waals surface area (Å²) in [7, 11) is 0. The number of hydrogen-bond donors (Lipinski definition) is 1. The average Bonchev–Trinajstić information content (AvgIpc) is 2.92. The fourth-order valence-electron chi connectivity index (χ4n) is 3.20. The molecule has 2 amide bonds. The van der Waals surface area contributed by atoms with E-state index in [0.717, 1.165) is 10.0 Å². The molecular formula is C16H16Cl3F3N4O2. The third-order valence-corrected chi connectivity index (χ3v) is 5.35. The van der Waals surface area contributed by atoms with Crippen LogP contribution in [0.1, 0.15) is 0 Å². The number of nitrogens with one attached hydrogen (secondary N) is 1. The van der Waals surface area contributed by atoms with Crippen molar-refractivity contribution in [3.05, 3.63) is 27.2 Å². The monoisotopic (exact) mass is 458 g/mol. The van der Waals surface area contributed by atoms with E-state index in [-0.39, 0.29) is 26.7 Å². The van der Waals surface area contributed by atoms with E-state index in [4.69, 9.17) is 34.8 Å². The van der Waals surface area contributed by atoms with E-state index >= 15 is 0 Å². The number of carbonyl (C=O) groups excluding carboxylic acids is 2. The van der Waals surface area contributed by atoms with Gasteiger partial charge in [0.2, 0.25) is 5.91 Å². The second-order valence-corrected chi connectivity index (χ2v) is 7.69. The van der Waals surface area contributed by atoms with Gasteiger partial charge in [-0.2, -0.15) is 13.2 Å². The van der Waals surface area contributed by atoms with Gasteiger partial charge in [0, 0.05) is 37.7 Å². The van der Waals surface area contributed by atoms with Gasteiger partial charge in [-0.25, -0.2) is 10.0 Å². The predicted octanol–water partition coefficient (Wildman–Crippen LogP) is 2.82. The van der Waals surface area contributed by atoms with Crippen molar-refractivity contribution in [2.45, 2.75) is 6.18 Å². The van der Waals surface area contributed by atoms with Crippen molar-refractivity contribution >= 4 is 52.3 Å². The fraction of sp³-hybridized carbons (Fsp3) is 0.500. The van der Waals surface area contributed by atoms with Crippen LogP contribution < -0.4 is 10.3 Å². The average molecular weight is 460 g/mol. The highest BCUT2D eigenvalue weighted by atomic mass is 35.5. The number of carbonyl (C=O) groups is 2. The number of rotatable bonds is 3. The highest BCUT2D eigenvalue weighted by molar-refractivity contribution is 6.42. The van der Waals surface area contributed by atoms with Crippen molar-refractivity contribution in [3.8, 4) is 0 Å². The number of alkyl halides is 3. The summed E-state index contributed by atoms with van der Waals surface area (Å²) in [5.41, 5.74) is -0.127. The molecule has 2 saturated heterocycles. The van der Waals surface area contributed by atoms with E-state index in [1.54, 1.807) is 0 Å². The highest BCUT2D eigenvalue weighted by Gasteiger charge is 2.54. The zero-order valence-corrected chi connectivity index (χ0v) is 16.7. The molecule has 28 heavy (non-hydrogen) atoms. The first kappa shape index (κ1) is 21.4. The first-order valence-corrected chi connectivity index (χ1v) is 9.51. The summed E-state index contributed by atoms with van der Waals surface area (Å²) in [6.07, 6.45) is -4.77. The Kier molecular flexibility index (Phi) is 6.31. The Bertz CT molecular complexity index is 764. The van der Waals surface area contributed by atoms with Gasteiger partial charge in [-0.05, 0) is 12.1 Å². The van der Waals surface area contributed by atoms with E-state index in [1.165, 1.54) is 17.0 Å². The number of amides is 2. The van der Waals surface area contributed by atoms with Gasteiger partial charge in [0.1, 0.15) is 5.92 Å². The molecule has 0 spiro atoms. The molecule has 2 aliphatic rings. The Morgan fingerprint density at radius 2 is 1.71 bits per heavy atom. The molecule has 0 bridgehead atoms. The van der Waals surface area contributed by atoms with Gasteiger partial charge in [-0.3, -0.25) is 9.59 Å². The van der Waals surface area contributed by atoms with Crippen LogP contribution in [0.15, 0.2) is 12.1 Å². The number of nitrogens with zero attached hydrogens (tertiary/aromatic N) is 3. The van der Waals surface area contributed by atoms with Gasteiger partial charge >= 0.3 is 6.18 Å². The summed E-state index contributed by atoms with van der Waals surface area (Å²) in [4.78, 5) is 26.7. The summed E-state index contributed by atoms with van der Waals surface area (Å²) in [6, 6.07) is 2.55. The minimum Gasteiger partial charge on any atom is -0.339 e. The number of halogens is 6. The molecule has 3 rings (SSSR count). The molecule has 0 radical (unpaired) electrons. The van der Waals surface area contributed by atoms with E-state index in [1.807, 2.05) is 0 Å². The summed E-state index contributed by atoms with van der Waals surface area (Å²) >= 11 is 18.1. The minimum atomic E-state index is -4.77. The zero-order chi connectivity index (χ0) is 20.6. The topological polar surface area (TPSA) is 55.9 Å². The molecule has 1 atom stereocenters. The van der Waals surface area contributed by atoms with Crippen molar-refractivity contribution in [1.29, 1.82) is 0 Å². The Labute approximate surface area is 174 Å². The maximum Gasteiger partial charge on any atom is 0.401 e. The first-order chi connectivity index (χ1) is 13.1. The Morgan fingerprint density at radius 3 is 2.25 bits per heavy atom. The van der Waals surface area contributed by atoms with Crippen LogP contribution in [-0.2, 0) is 9.59 Å². The van der Waals surface area contributed by atoms with Crippen LogP contribution in [0.4, 0.5) is 18.9 Å².